The fraction of sp³-hybridized carbons (Fsp3) is 0.667. The SMILES string of the molecule is COc1ccc(NC(=O)CN2CCCC(CN(C(=O)OC(C)(C)C)C(C)C)C2)c(OC)c1. The second-order valence-corrected chi connectivity index (χ2v) is 9.58. The zero-order valence-corrected chi connectivity index (χ0v) is 20.6. The van der Waals surface area contributed by atoms with Crippen molar-refractivity contribution in [2.75, 3.05) is 45.7 Å². The molecule has 0 aromatic heterocycles. The molecule has 1 saturated heterocycles. The minimum Gasteiger partial charge on any atom is -0.497 e. The number of methoxy groups -OCH3 is 2. The summed E-state index contributed by atoms with van der Waals surface area (Å²) in [6, 6.07) is 5.34. The van der Waals surface area contributed by atoms with E-state index in [1.54, 1.807) is 37.3 Å². The number of hydrogen-bond donors (Lipinski definition) is 1. The summed E-state index contributed by atoms with van der Waals surface area (Å²) in [5.41, 5.74) is 0.0893. The predicted molar refractivity (Wildman–Crippen MR) is 125 cm³/mol. The molecule has 8 nitrogen and oxygen atoms in total. The van der Waals surface area contributed by atoms with Crippen molar-refractivity contribution >= 4 is 17.7 Å². The molecule has 1 heterocycles. The van der Waals surface area contributed by atoms with E-state index in [0.717, 1.165) is 25.9 Å². The van der Waals surface area contributed by atoms with E-state index in [4.69, 9.17) is 14.2 Å². The monoisotopic (exact) mass is 449 g/mol. The number of carbonyl (C=O) groups excluding carboxylic acids is 2. The maximum atomic E-state index is 12.7. The molecule has 1 aromatic rings. The Hall–Kier alpha value is -2.48. The lowest BCUT2D eigenvalue weighted by atomic mass is 9.97. The van der Waals surface area contributed by atoms with Crippen LogP contribution in [0.15, 0.2) is 18.2 Å². The fourth-order valence-corrected chi connectivity index (χ4v) is 3.83. The summed E-state index contributed by atoms with van der Waals surface area (Å²) < 4.78 is 16.2. The van der Waals surface area contributed by atoms with E-state index in [9.17, 15) is 9.59 Å². The van der Waals surface area contributed by atoms with Gasteiger partial charge in [0.2, 0.25) is 5.91 Å². The molecule has 1 atom stereocenters. The van der Waals surface area contributed by atoms with Crippen LogP contribution in [0.25, 0.3) is 0 Å². The van der Waals surface area contributed by atoms with Crippen molar-refractivity contribution in [2.24, 2.45) is 5.92 Å². The number of nitrogens with one attached hydrogen (secondary N) is 1. The second kappa shape index (κ2) is 11.4. The number of nitrogens with zero attached hydrogens (tertiary/aromatic N) is 2. The molecule has 1 aliphatic rings. The van der Waals surface area contributed by atoms with E-state index in [-0.39, 0.29) is 18.0 Å². The van der Waals surface area contributed by atoms with Crippen LogP contribution in [0, 0.1) is 5.92 Å². The van der Waals surface area contributed by atoms with Gasteiger partial charge in [-0.15, -0.1) is 0 Å². The fourth-order valence-electron chi connectivity index (χ4n) is 3.83. The van der Waals surface area contributed by atoms with Crippen molar-refractivity contribution in [3.8, 4) is 11.5 Å². The smallest absolute Gasteiger partial charge is 0.410 e. The molecule has 2 amide bonds. The summed E-state index contributed by atoms with van der Waals surface area (Å²) in [7, 11) is 3.15. The van der Waals surface area contributed by atoms with Gasteiger partial charge < -0.3 is 24.4 Å². The molecule has 0 aliphatic carbocycles. The van der Waals surface area contributed by atoms with Crippen LogP contribution in [0.4, 0.5) is 10.5 Å². The van der Waals surface area contributed by atoms with Crippen LogP contribution in [-0.4, -0.2) is 73.8 Å². The molecule has 1 aromatic carbocycles. The van der Waals surface area contributed by atoms with Gasteiger partial charge in [-0.2, -0.15) is 0 Å². The molecular weight excluding hydrogens is 410 g/mol. The number of ether oxygens (including phenoxy) is 3. The summed E-state index contributed by atoms with van der Waals surface area (Å²) in [5.74, 6) is 1.42. The highest BCUT2D eigenvalue weighted by molar-refractivity contribution is 5.93. The Morgan fingerprint density at radius 3 is 2.53 bits per heavy atom. The average molecular weight is 450 g/mol. The molecule has 1 aliphatic heterocycles. The molecule has 0 radical (unpaired) electrons. The first-order valence-electron chi connectivity index (χ1n) is 11.3. The highest BCUT2D eigenvalue weighted by Gasteiger charge is 2.29. The number of likely N-dealkylation sites (tertiary alicyclic amines) is 1. The van der Waals surface area contributed by atoms with Gasteiger partial charge in [-0.3, -0.25) is 9.69 Å². The zero-order valence-electron chi connectivity index (χ0n) is 20.6. The van der Waals surface area contributed by atoms with Gasteiger partial charge in [0.1, 0.15) is 17.1 Å². The van der Waals surface area contributed by atoms with Crippen LogP contribution in [0.1, 0.15) is 47.5 Å². The van der Waals surface area contributed by atoms with Crippen molar-refractivity contribution in [1.29, 1.82) is 0 Å². The second-order valence-electron chi connectivity index (χ2n) is 9.58. The number of carbonyl (C=O) groups is 2. The lowest BCUT2D eigenvalue weighted by molar-refractivity contribution is -0.117. The maximum Gasteiger partial charge on any atom is 0.410 e. The van der Waals surface area contributed by atoms with Crippen LogP contribution in [0.3, 0.4) is 0 Å². The molecule has 0 spiro atoms. The van der Waals surface area contributed by atoms with E-state index in [0.29, 0.717) is 36.2 Å². The highest BCUT2D eigenvalue weighted by Crippen LogP contribution is 2.29. The minimum absolute atomic E-state index is 0.0473. The summed E-state index contributed by atoms with van der Waals surface area (Å²) in [4.78, 5) is 29.3. The Labute approximate surface area is 192 Å². The van der Waals surface area contributed by atoms with Gasteiger partial charge >= 0.3 is 6.09 Å². The van der Waals surface area contributed by atoms with Gasteiger partial charge in [-0.05, 0) is 72.1 Å². The van der Waals surface area contributed by atoms with Gasteiger partial charge in [-0.1, -0.05) is 0 Å². The van der Waals surface area contributed by atoms with Gasteiger partial charge in [-0.25, -0.2) is 4.79 Å². The number of amides is 2. The molecular formula is C24H39N3O5. The first kappa shape index (κ1) is 25.8. The summed E-state index contributed by atoms with van der Waals surface area (Å²) in [6.07, 6.45) is 1.73. The van der Waals surface area contributed by atoms with Crippen molar-refractivity contribution in [3.05, 3.63) is 18.2 Å². The Kier molecular flexibility index (Phi) is 9.19. The summed E-state index contributed by atoms with van der Waals surface area (Å²) >= 11 is 0. The lowest BCUT2D eigenvalue weighted by Gasteiger charge is -2.37. The van der Waals surface area contributed by atoms with Crippen molar-refractivity contribution < 1.29 is 23.8 Å². The Morgan fingerprint density at radius 1 is 1.22 bits per heavy atom. The lowest BCUT2D eigenvalue weighted by Crippen LogP contribution is -2.48. The number of piperidine rings is 1. The first-order valence-corrected chi connectivity index (χ1v) is 11.3. The predicted octanol–water partition coefficient (Wildman–Crippen LogP) is 4.00. The average Bonchev–Trinajstić information content (AvgIpc) is 2.71. The van der Waals surface area contributed by atoms with Gasteiger partial charge in [0, 0.05) is 25.2 Å². The Morgan fingerprint density at radius 2 is 1.94 bits per heavy atom. The van der Waals surface area contributed by atoms with Crippen LogP contribution in [0.5, 0.6) is 11.5 Å². The van der Waals surface area contributed by atoms with Crippen LogP contribution in [-0.2, 0) is 9.53 Å². The molecule has 1 fully saturated rings. The van der Waals surface area contributed by atoms with Crippen molar-refractivity contribution in [3.63, 3.8) is 0 Å². The topological polar surface area (TPSA) is 80.3 Å². The molecule has 180 valence electrons. The Bertz CT molecular complexity index is 775. The molecule has 8 heteroatoms. The standard InChI is InChI=1S/C24H39N3O5/c1-17(2)27(23(29)32-24(3,4)5)15-18-9-8-12-26(14-18)16-22(28)25-20-11-10-19(30-6)13-21(20)31-7/h10-11,13,17-18H,8-9,12,14-16H2,1-7H3,(H,25,28). The summed E-state index contributed by atoms with van der Waals surface area (Å²) in [5, 5.41) is 2.93. The molecule has 2 rings (SSSR count). The van der Waals surface area contributed by atoms with Crippen LogP contribution >= 0.6 is 0 Å². The molecule has 32 heavy (non-hydrogen) atoms. The third kappa shape index (κ3) is 7.89. The zero-order chi connectivity index (χ0) is 23.9. The first-order chi connectivity index (χ1) is 15.0. The van der Waals surface area contributed by atoms with Gasteiger partial charge in [0.05, 0.1) is 26.5 Å². The number of rotatable bonds is 8. The number of hydrogen-bond acceptors (Lipinski definition) is 6. The van der Waals surface area contributed by atoms with E-state index in [1.807, 2.05) is 34.6 Å². The molecule has 1 N–H and O–H groups in total. The third-order valence-electron chi connectivity index (χ3n) is 5.36. The van der Waals surface area contributed by atoms with Gasteiger partial charge in [0.25, 0.3) is 0 Å². The Balaban J connectivity index is 1.94. The largest absolute Gasteiger partial charge is 0.497 e. The van der Waals surface area contributed by atoms with E-state index in [1.165, 1.54) is 0 Å². The van der Waals surface area contributed by atoms with E-state index < -0.39 is 5.60 Å². The quantitative estimate of drug-likeness (QED) is 0.646. The molecule has 0 bridgehead atoms. The maximum absolute atomic E-state index is 12.7. The van der Waals surface area contributed by atoms with Gasteiger partial charge in [0.15, 0.2) is 0 Å². The normalized spacial score (nSPS) is 17.1. The third-order valence-corrected chi connectivity index (χ3v) is 5.36. The van der Waals surface area contributed by atoms with Crippen molar-refractivity contribution in [1.82, 2.24) is 9.80 Å². The van der Waals surface area contributed by atoms with Crippen LogP contribution < -0.4 is 14.8 Å². The minimum atomic E-state index is -0.524. The molecule has 0 saturated carbocycles. The van der Waals surface area contributed by atoms with Crippen molar-refractivity contribution in [2.45, 2.75) is 59.1 Å². The van der Waals surface area contributed by atoms with E-state index >= 15 is 0 Å². The van der Waals surface area contributed by atoms with Crippen LogP contribution in [0.2, 0.25) is 0 Å². The van der Waals surface area contributed by atoms with E-state index in [2.05, 4.69) is 10.2 Å². The number of anilines is 1. The number of benzene rings is 1. The summed E-state index contributed by atoms with van der Waals surface area (Å²) in [6.45, 7) is 12.2. The highest BCUT2D eigenvalue weighted by atomic mass is 16.6. The molecule has 1 unspecified atom stereocenters.